The van der Waals surface area contributed by atoms with Gasteiger partial charge in [0.25, 0.3) is 17.0 Å². The number of alkyl halides is 8. The van der Waals surface area contributed by atoms with Crippen molar-refractivity contribution in [2.24, 2.45) is 0 Å². The average molecular weight is 592 g/mol. The Balaban J connectivity index is 1.56. The van der Waals surface area contributed by atoms with E-state index in [0.717, 1.165) is 19.2 Å². The van der Waals surface area contributed by atoms with Crippen LogP contribution < -0.4 is 16.4 Å². The predicted octanol–water partition coefficient (Wildman–Crippen LogP) is 5.24. The molecule has 1 aromatic carbocycles. The molecule has 41 heavy (non-hydrogen) atoms. The zero-order chi connectivity index (χ0) is 30.3. The number of aromatic nitrogens is 5. The van der Waals surface area contributed by atoms with Crippen molar-refractivity contribution in [1.82, 2.24) is 24.7 Å². The number of anilines is 1. The van der Waals surface area contributed by atoms with Gasteiger partial charge < -0.3 is 9.88 Å². The van der Waals surface area contributed by atoms with Crippen molar-refractivity contribution in [3.05, 3.63) is 80.6 Å². The van der Waals surface area contributed by atoms with Crippen molar-refractivity contribution in [2.45, 2.75) is 44.2 Å². The molecule has 4 aromatic rings. The third-order valence-corrected chi connectivity index (χ3v) is 5.83. The molecule has 3 aromatic heterocycles. The minimum Gasteiger partial charge on any atom is -0.380 e. The molecular formula is C24H17F9N6O2. The molecule has 0 radical (unpaired) electrons. The molecule has 0 amide bonds. The van der Waals surface area contributed by atoms with Crippen LogP contribution in [0, 0.1) is 5.82 Å². The Labute approximate surface area is 222 Å². The van der Waals surface area contributed by atoms with Crippen LogP contribution >= 0.6 is 0 Å². The lowest BCUT2D eigenvalue weighted by molar-refractivity contribution is -0.139. The maximum absolute atomic E-state index is 14.9. The van der Waals surface area contributed by atoms with Gasteiger partial charge in [-0.2, -0.15) is 31.4 Å². The minimum absolute atomic E-state index is 0.0611. The Hall–Kier alpha value is -4.44. The number of halogens is 9. The van der Waals surface area contributed by atoms with E-state index in [4.69, 9.17) is 0 Å². The van der Waals surface area contributed by atoms with Gasteiger partial charge in [-0.05, 0) is 30.5 Å². The van der Waals surface area contributed by atoms with Gasteiger partial charge in [0, 0.05) is 31.1 Å². The highest BCUT2D eigenvalue weighted by molar-refractivity contribution is 5.86. The molecule has 0 aliphatic rings. The van der Waals surface area contributed by atoms with Crippen molar-refractivity contribution in [3.8, 4) is 11.4 Å². The Bertz CT molecular complexity index is 1700. The summed E-state index contributed by atoms with van der Waals surface area (Å²) in [7, 11) is 0. The van der Waals surface area contributed by atoms with E-state index < -0.39 is 76.9 Å². The number of hydrogen-bond acceptors (Lipinski definition) is 6. The van der Waals surface area contributed by atoms with E-state index in [9.17, 15) is 49.1 Å². The Kier molecular flexibility index (Phi) is 7.57. The van der Waals surface area contributed by atoms with Crippen LogP contribution in [0.25, 0.3) is 22.2 Å². The van der Waals surface area contributed by atoms with Crippen molar-refractivity contribution in [3.63, 3.8) is 0 Å². The van der Waals surface area contributed by atoms with Crippen molar-refractivity contribution < 1.29 is 39.5 Å². The maximum atomic E-state index is 14.9. The topological polar surface area (TPSA) is 106 Å². The number of H-pyrrole nitrogens is 1. The smallest absolute Gasteiger partial charge is 0.380 e. The van der Waals surface area contributed by atoms with E-state index in [1.807, 2.05) is 0 Å². The first kappa shape index (κ1) is 29.5. The molecule has 1 unspecified atom stereocenters. The monoisotopic (exact) mass is 592 g/mol. The molecule has 0 aliphatic heterocycles. The molecule has 0 saturated carbocycles. The molecule has 3 heterocycles. The summed E-state index contributed by atoms with van der Waals surface area (Å²) in [5.41, 5.74) is -6.54. The molecule has 4 rings (SSSR count). The number of pyridine rings is 1. The molecule has 1 atom stereocenters. The van der Waals surface area contributed by atoms with Crippen LogP contribution in [-0.4, -0.2) is 36.7 Å². The van der Waals surface area contributed by atoms with Gasteiger partial charge >= 0.3 is 12.4 Å². The normalized spacial score (nSPS) is 13.4. The fourth-order valence-electron chi connectivity index (χ4n) is 4.08. The van der Waals surface area contributed by atoms with E-state index in [1.54, 1.807) is 5.10 Å². The van der Waals surface area contributed by atoms with Gasteiger partial charge in [0.1, 0.15) is 11.4 Å². The van der Waals surface area contributed by atoms with Gasteiger partial charge in [-0.3, -0.25) is 9.59 Å². The van der Waals surface area contributed by atoms with E-state index in [2.05, 4.69) is 20.4 Å². The van der Waals surface area contributed by atoms with Gasteiger partial charge in [-0.15, -0.1) is 0 Å². The van der Waals surface area contributed by atoms with Crippen molar-refractivity contribution in [2.75, 3.05) is 5.32 Å². The van der Waals surface area contributed by atoms with Gasteiger partial charge in [0.2, 0.25) is 0 Å². The largest absolute Gasteiger partial charge is 0.423 e. The summed E-state index contributed by atoms with van der Waals surface area (Å²) in [6.07, 6.45) is -8.35. The first-order chi connectivity index (χ1) is 19.0. The van der Waals surface area contributed by atoms with Crippen molar-refractivity contribution in [1.29, 1.82) is 0 Å². The van der Waals surface area contributed by atoms with Crippen LogP contribution in [-0.2, 0) is 18.9 Å². The maximum Gasteiger partial charge on any atom is 0.423 e. The molecule has 0 bridgehead atoms. The Morgan fingerprint density at radius 1 is 0.976 bits per heavy atom. The fourth-order valence-corrected chi connectivity index (χ4v) is 4.08. The second kappa shape index (κ2) is 10.5. The molecule has 0 saturated heterocycles. The first-order valence-electron chi connectivity index (χ1n) is 11.5. The summed E-state index contributed by atoms with van der Waals surface area (Å²) >= 11 is 0. The third kappa shape index (κ3) is 6.49. The van der Waals surface area contributed by atoms with Crippen LogP contribution in [0.5, 0.6) is 0 Å². The summed E-state index contributed by atoms with van der Waals surface area (Å²) in [6.45, 7) is -0.0857. The number of nitrogens with zero attached hydrogens (tertiary/aromatic N) is 4. The predicted molar refractivity (Wildman–Crippen MR) is 127 cm³/mol. The van der Waals surface area contributed by atoms with E-state index in [1.165, 1.54) is 6.07 Å². The van der Waals surface area contributed by atoms with Gasteiger partial charge in [-0.1, -0.05) is 0 Å². The number of aromatic amines is 1. The minimum atomic E-state index is -5.09. The summed E-state index contributed by atoms with van der Waals surface area (Å²) in [5, 5.41) is 6.79. The van der Waals surface area contributed by atoms with Crippen molar-refractivity contribution >= 4 is 16.5 Å². The number of rotatable bonds is 7. The van der Waals surface area contributed by atoms with Gasteiger partial charge in [-0.25, -0.2) is 28.2 Å². The van der Waals surface area contributed by atoms with Crippen LogP contribution in [0.1, 0.15) is 24.5 Å². The number of benzene rings is 1. The van der Waals surface area contributed by atoms with Gasteiger partial charge in [0.05, 0.1) is 34.9 Å². The van der Waals surface area contributed by atoms with Gasteiger partial charge in [0.15, 0.2) is 5.82 Å². The highest BCUT2D eigenvalue weighted by Crippen LogP contribution is 2.33. The summed E-state index contributed by atoms with van der Waals surface area (Å²) in [4.78, 5) is 31.4. The quantitative estimate of drug-likeness (QED) is 0.285. The second-order valence-corrected chi connectivity index (χ2v) is 9.05. The average Bonchev–Trinajstić information content (AvgIpc) is 2.84. The molecule has 8 nitrogen and oxygen atoms in total. The lowest BCUT2D eigenvalue weighted by Gasteiger charge is -2.24. The SMILES string of the molecule is CC(CC(F)(F)Cn1ccc2cc(-c3ncc(C(F)(F)F)cn3)c(F)cc2c1=O)Nc1cn[nH]c(=O)c1C(F)(F)F. The van der Waals surface area contributed by atoms with E-state index in [0.29, 0.717) is 29.2 Å². The lowest BCUT2D eigenvalue weighted by Crippen LogP contribution is -2.36. The lowest BCUT2D eigenvalue weighted by atomic mass is 10.1. The summed E-state index contributed by atoms with van der Waals surface area (Å²) in [6, 6.07) is 1.66. The zero-order valence-electron chi connectivity index (χ0n) is 20.5. The molecule has 0 fully saturated rings. The number of fused-ring (bicyclic) bond motifs is 1. The third-order valence-electron chi connectivity index (χ3n) is 5.83. The van der Waals surface area contributed by atoms with Crippen LogP contribution in [0.2, 0.25) is 0 Å². The zero-order valence-corrected chi connectivity index (χ0v) is 20.5. The Morgan fingerprint density at radius 2 is 1.63 bits per heavy atom. The molecule has 0 aliphatic carbocycles. The number of hydrogen-bond donors (Lipinski definition) is 2. The molecule has 2 N–H and O–H groups in total. The highest BCUT2D eigenvalue weighted by atomic mass is 19.4. The molecule has 17 heteroatoms. The molecule has 0 spiro atoms. The van der Waals surface area contributed by atoms with Crippen LogP contribution in [0.3, 0.4) is 0 Å². The summed E-state index contributed by atoms with van der Waals surface area (Å²) in [5.74, 6) is -5.16. The first-order valence-corrected chi connectivity index (χ1v) is 11.5. The van der Waals surface area contributed by atoms with E-state index in [-0.39, 0.29) is 16.3 Å². The van der Waals surface area contributed by atoms with Crippen LogP contribution in [0.4, 0.5) is 45.2 Å². The number of nitrogens with one attached hydrogen (secondary N) is 2. The Morgan fingerprint density at radius 3 is 2.24 bits per heavy atom. The highest BCUT2D eigenvalue weighted by Gasteiger charge is 2.39. The molecule has 218 valence electrons. The van der Waals surface area contributed by atoms with E-state index >= 15 is 0 Å². The standard InChI is InChI=1S/C24H17F9N6O2/c1-11(37-17-9-36-38-20(40)18(17)24(31,32)33)6-22(26,27)10-39-3-2-12-4-15(16(25)5-14(12)21(39)41)19-34-7-13(8-35-19)23(28,29)30/h2-5,7-9,11H,6,10H2,1H3,(H2,37,38,40). The fraction of sp³-hybridized carbons (Fsp3) is 0.292. The summed E-state index contributed by atoms with van der Waals surface area (Å²) < 4.78 is 123. The van der Waals surface area contributed by atoms with Crippen LogP contribution in [0.15, 0.2) is 52.6 Å². The second-order valence-electron chi connectivity index (χ2n) is 9.05. The molecular weight excluding hydrogens is 575 g/mol.